The number of nitrogens with zero attached hydrogens (tertiary/aromatic N) is 1. The largest absolute Gasteiger partial charge is 0.490 e. The van der Waals surface area contributed by atoms with Crippen molar-refractivity contribution in [3.63, 3.8) is 0 Å². The molecule has 3 aromatic rings. The molecule has 0 spiro atoms. The maximum Gasteiger partial charge on any atom is 0.253 e. The second kappa shape index (κ2) is 8.60. The van der Waals surface area contributed by atoms with Crippen LogP contribution in [0.15, 0.2) is 48.7 Å². The molecule has 2 heterocycles. The highest BCUT2D eigenvalue weighted by molar-refractivity contribution is 5.95. The molecule has 1 fully saturated rings. The number of piperidine rings is 1. The molecule has 0 saturated carbocycles. The summed E-state index contributed by atoms with van der Waals surface area (Å²) in [6.45, 7) is 6.50. The molecule has 0 unspecified atom stereocenters. The molecular formula is C24H28N2O3. The Kier molecular flexibility index (Phi) is 5.74. The van der Waals surface area contributed by atoms with Gasteiger partial charge in [-0.3, -0.25) is 4.79 Å². The third-order valence-corrected chi connectivity index (χ3v) is 5.63. The van der Waals surface area contributed by atoms with Gasteiger partial charge in [0, 0.05) is 35.8 Å². The summed E-state index contributed by atoms with van der Waals surface area (Å²) >= 11 is 0. The Balaban J connectivity index is 1.45. The van der Waals surface area contributed by atoms with Gasteiger partial charge in [-0.1, -0.05) is 18.2 Å². The number of likely N-dealkylation sites (tertiary alicyclic amines) is 1. The third-order valence-electron chi connectivity index (χ3n) is 5.63. The van der Waals surface area contributed by atoms with Crippen LogP contribution >= 0.6 is 0 Å². The fourth-order valence-corrected chi connectivity index (χ4v) is 4.19. The van der Waals surface area contributed by atoms with Crippen LogP contribution in [0, 0.1) is 0 Å². The number of fused-ring (bicyclic) bond motifs is 1. The minimum Gasteiger partial charge on any atom is -0.490 e. The number of hydrogen-bond acceptors (Lipinski definition) is 3. The normalized spacial score (nSPS) is 14.9. The van der Waals surface area contributed by atoms with Gasteiger partial charge in [-0.25, -0.2) is 0 Å². The van der Waals surface area contributed by atoms with Crippen molar-refractivity contribution in [2.45, 2.75) is 32.6 Å². The molecule has 4 rings (SSSR count). The minimum atomic E-state index is 0.0615. The lowest BCUT2D eigenvalue weighted by Crippen LogP contribution is -2.37. The number of para-hydroxylation sites is 1. The molecule has 1 aliphatic rings. The van der Waals surface area contributed by atoms with Crippen LogP contribution < -0.4 is 9.47 Å². The maximum absolute atomic E-state index is 13.1. The molecule has 0 atom stereocenters. The Morgan fingerprint density at radius 1 is 1.03 bits per heavy atom. The van der Waals surface area contributed by atoms with Gasteiger partial charge in [-0.05, 0) is 62.4 Å². The first-order chi connectivity index (χ1) is 14.2. The number of rotatable bonds is 6. The van der Waals surface area contributed by atoms with Gasteiger partial charge < -0.3 is 19.4 Å². The Morgan fingerprint density at radius 3 is 2.52 bits per heavy atom. The molecule has 0 bridgehead atoms. The Bertz CT molecular complexity index is 987. The standard InChI is InChI=1S/C24H28N2O3/c1-3-28-22-10-9-18(15-23(22)29-4-2)24(27)26-13-11-17(12-14-26)20-16-25-21-8-6-5-7-19(20)21/h5-10,15-17,25H,3-4,11-14H2,1-2H3. The monoisotopic (exact) mass is 392 g/mol. The molecule has 5 heteroatoms. The molecular weight excluding hydrogens is 364 g/mol. The van der Waals surface area contributed by atoms with Crippen molar-refractivity contribution < 1.29 is 14.3 Å². The fourth-order valence-electron chi connectivity index (χ4n) is 4.19. The van der Waals surface area contributed by atoms with Crippen molar-refractivity contribution in [2.75, 3.05) is 26.3 Å². The zero-order chi connectivity index (χ0) is 20.2. The highest BCUT2D eigenvalue weighted by Crippen LogP contribution is 2.34. The van der Waals surface area contributed by atoms with Crippen molar-refractivity contribution in [1.82, 2.24) is 9.88 Å². The first-order valence-electron chi connectivity index (χ1n) is 10.5. The molecule has 152 valence electrons. The molecule has 1 amide bonds. The van der Waals surface area contributed by atoms with Crippen molar-refractivity contribution >= 4 is 16.8 Å². The van der Waals surface area contributed by atoms with Crippen molar-refractivity contribution in [3.05, 3.63) is 59.8 Å². The van der Waals surface area contributed by atoms with E-state index in [1.165, 1.54) is 16.5 Å². The summed E-state index contributed by atoms with van der Waals surface area (Å²) in [4.78, 5) is 18.4. The summed E-state index contributed by atoms with van der Waals surface area (Å²) < 4.78 is 11.3. The van der Waals surface area contributed by atoms with Gasteiger partial charge in [-0.15, -0.1) is 0 Å². The van der Waals surface area contributed by atoms with E-state index in [0.29, 0.717) is 36.2 Å². The lowest BCUT2D eigenvalue weighted by Gasteiger charge is -2.32. The van der Waals surface area contributed by atoms with E-state index < -0.39 is 0 Å². The van der Waals surface area contributed by atoms with Crippen LogP contribution in [0.2, 0.25) is 0 Å². The van der Waals surface area contributed by atoms with Crippen LogP contribution in [0.1, 0.15) is 48.5 Å². The van der Waals surface area contributed by atoms with Gasteiger partial charge in [0.15, 0.2) is 11.5 Å². The number of ether oxygens (including phenoxy) is 2. The average Bonchev–Trinajstić information content (AvgIpc) is 3.19. The number of amides is 1. The summed E-state index contributed by atoms with van der Waals surface area (Å²) in [5, 5.41) is 1.30. The molecule has 1 aliphatic heterocycles. The number of aromatic nitrogens is 1. The van der Waals surface area contributed by atoms with Crippen molar-refractivity contribution in [3.8, 4) is 11.5 Å². The molecule has 0 aliphatic carbocycles. The average molecular weight is 392 g/mol. The second-order valence-electron chi connectivity index (χ2n) is 7.38. The number of nitrogens with one attached hydrogen (secondary N) is 1. The topological polar surface area (TPSA) is 54.6 Å². The molecule has 0 radical (unpaired) electrons. The van der Waals surface area contributed by atoms with E-state index in [-0.39, 0.29) is 5.91 Å². The molecule has 5 nitrogen and oxygen atoms in total. The van der Waals surface area contributed by atoms with Crippen LogP contribution in [0.4, 0.5) is 0 Å². The Hall–Kier alpha value is -2.95. The summed E-state index contributed by atoms with van der Waals surface area (Å²) in [6.07, 6.45) is 4.08. The lowest BCUT2D eigenvalue weighted by atomic mass is 9.89. The first kappa shape index (κ1) is 19.4. The number of H-pyrrole nitrogens is 1. The number of hydrogen-bond donors (Lipinski definition) is 1. The number of carbonyl (C=O) groups excluding carboxylic acids is 1. The summed E-state index contributed by atoms with van der Waals surface area (Å²) in [5.74, 6) is 1.86. The molecule has 1 aromatic heterocycles. The van der Waals surface area contributed by atoms with Crippen LogP contribution in [0.3, 0.4) is 0 Å². The lowest BCUT2D eigenvalue weighted by molar-refractivity contribution is 0.0712. The Labute approximate surface area is 171 Å². The highest BCUT2D eigenvalue weighted by atomic mass is 16.5. The summed E-state index contributed by atoms with van der Waals surface area (Å²) in [7, 11) is 0. The highest BCUT2D eigenvalue weighted by Gasteiger charge is 2.26. The zero-order valence-corrected chi connectivity index (χ0v) is 17.1. The molecule has 1 saturated heterocycles. The van der Waals surface area contributed by atoms with Crippen LogP contribution in [-0.2, 0) is 0 Å². The Morgan fingerprint density at radius 2 is 1.76 bits per heavy atom. The molecule has 1 N–H and O–H groups in total. The van der Waals surface area contributed by atoms with Crippen molar-refractivity contribution in [1.29, 1.82) is 0 Å². The van der Waals surface area contributed by atoms with Gasteiger partial charge in [0.25, 0.3) is 5.91 Å². The van der Waals surface area contributed by atoms with E-state index in [1.807, 2.05) is 36.9 Å². The summed E-state index contributed by atoms with van der Waals surface area (Å²) in [5.41, 5.74) is 3.20. The van der Waals surface area contributed by atoms with Crippen molar-refractivity contribution in [2.24, 2.45) is 0 Å². The fraction of sp³-hybridized carbons (Fsp3) is 0.375. The minimum absolute atomic E-state index is 0.0615. The SMILES string of the molecule is CCOc1ccc(C(=O)N2CCC(c3c[nH]c4ccccc34)CC2)cc1OCC. The van der Waals surface area contributed by atoms with Gasteiger partial charge >= 0.3 is 0 Å². The van der Waals surface area contributed by atoms with Gasteiger partial charge in [0.1, 0.15) is 0 Å². The van der Waals surface area contributed by atoms with E-state index >= 15 is 0 Å². The smallest absolute Gasteiger partial charge is 0.253 e. The number of carbonyl (C=O) groups is 1. The van der Waals surface area contributed by atoms with E-state index in [1.54, 1.807) is 0 Å². The van der Waals surface area contributed by atoms with Crippen LogP contribution in [0.25, 0.3) is 10.9 Å². The quantitative estimate of drug-likeness (QED) is 0.643. The predicted molar refractivity (Wildman–Crippen MR) is 115 cm³/mol. The summed E-state index contributed by atoms with van der Waals surface area (Å²) in [6, 6.07) is 13.9. The molecule has 29 heavy (non-hydrogen) atoms. The van der Waals surface area contributed by atoms with E-state index in [0.717, 1.165) is 25.9 Å². The van der Waals surface area contributed by atoms with Crippen LogP contribution in [-0.4, -0.2) is 42.1 Å². The maximum atomic E-state index is 13.1. The van der Waals surface area contributed by atoms with Crippen LogP contribution in [0.5, 0.6) is 11.5 Å². The zero-order valence-electron chi connectivity index (χ0n) is 17.1. The molecule has 2 aromatic carbocycles. The van der Waals surface area contributed by atoms with E-state index in [9.17, 15) is 4.79 Å². The number of aromatic amines is 1. The number of benzene rings is 2. The second-order valence-corrected chi connectivity index (χ2v) is 7.38. The predicted octanol–water partition coefficient (Wildman–Crippen LogP) is 4.99. The van der Waals surface area contributed by atoms with Gasteiger partial charge in [-0.2, -0.15) is 0 Å². The third kappa shape index (κ3) is 3.95. The van der Waals surface area contributed by atoms with Gasteiger partial charge in [0.2, 0.25) is 0 Å². The van der Waals surface area contributed by atoms with E-state index in [4.69, 9.17) is 9.47 Å². The first-order valence-corrected chi connectivity index (χ1v) is 10.5. The van der Waals surface area contributed by atoms with Gasteiger partial charge in [0.05, 0.1) is 13.2 Å². The van der Waals surface area contributed by atoms with E-state index in [2.05, 4.69) is 35.4 Å².